The largest absolute Gasteiger partial charge is 0.497 e. The first-order valence-corrected chi connectivity index (χ1v) is 9.91. The second-order valence-electron chi connectivity index (χ2n) is 6.20. The van der Waals surface area contributed by atoms with E-state index in [1.54, 1.807) is 36.5 Å². The van der Waals surface area contributed by atoms with E-state index in [0.717, 1.165) is 0 Å². The Kier molecular flexibility index (Phi) is 4.63. The summed E-state index contributed by atoms with van der Waals surface area (Å²) >= 11 is 0. The van der Waals surface area contributed by atoms with Crippen molar-refractivity contribution >= 4 is 10.0 Å². The molecule has 27 heavy (non-hydrogen) atoms. The van der Waals surface area contributed by atoms with Gasteiger partial charge in [-0.3, -0.25) is 4.98 Å². The average molecular weight is 386 g/mol. The minimum absolute atomic E-state index is 0.119. The van der Waals surface area contributed by atoms with Crippen molar-refractivity contribution in [3.05, 3.63) is 54.5 Å². The number of pyridine rings is 1. The molecule has 8 nitrogen and oxygen atoms in total. The monoisotopic (exact) mass is 386 g/mol. The molecule has 1 fully saturated rings. The zero-order valence-electron chi connectivity index (χ0n) is 14.6. The fourth-order valence-electron chi connectivity index (χ4n) is 3.06. The number of hydrogen-bond donors (Lipinski definition) is 0. The molecule has 9 heteroatoms. The van der Waals surface area contributed by atoms with E-state index in [0.29, 0.717) is 42.7 Å². The third-order valence-corrected chi connectivity index (χ3v) is 6.38. The fraction of sp³-hybridized carbons (Fsp3) is 0.278. The highest BCUT2D eigenvalue weighted by molar-refractivity contribution is 7.89. The van der Waals surface area contributed by atoms with Gasteiger partial charge in [0.15, 0.2) is 5.82 Å². The Bertz CT molecular complexity index is 1040. The van der Waals surface area contributed by atoms with Crippen LogP contribution in [-0.2, 0) is 10.0 Å². The molecule has 140 valence electrons. The smallest absolute Gasteiger partial charge is 0.276 e. The van der Waals surface area contributed by atoms with Crippen LogP contribution < -0.4 is 4.74 Å². The van der Waals surface area contributed by atoms with Gasteiger partial charge < -0.3 is 9.26 Å². The molecule has 0 aliphatic carbocycles. The van der Waals surface area contributed by atoms with E-state index in [4.69, 9.17) is 9.26 Å². The molecule has 3 heterocycles. The summed E-state index contributed by atoms with van der Waals surface area (Å²) in [6.07, 6.45) is 2.28. The zero-order chi connectivity index (χ0) is 18.9. The Hall–Kier alpha value is -2.78. The van der Waals surface area contributed by atoms with Crippen LogP contribution in [0.25, 0.3) is 11.6 Å². The highest BCUT2D eigenvalue weighted by Crippen LogP contribution is 2.31. The molecule has 0 spiro atoms. The van der Waals surface area contributed by atoms with E-state index in [1.807, 2.05) is 6.07 Å². The van der Waals surface area contributed by atoms with Crippen LogP contribution in [0.4, 0.5) is 0 Å². The number of rotatable bonds is 5. The summed E-state index contributed by atoms with van der Waals surface area (Å²) in [4.78, 5) is 8.79. The first-order valence-electron chi connectivity index (χ1n) is 8.47. The van der Waals surface area contributed by atoms with Gasteiger partial charge in [-0.15, -0.1) is 0 Å². The van der Waals surface area contributed by atoms with Crippen LogP contribution >= 0.6 is 0 Å². The van der Waals surface area contributed by atoms with Gasteiger partial charge in [0.25, 0.3) is 5.89 Å². The Morgan fingerprint density at radius 2 is 2.11 bits per heavy atom. The number of sulfonamides is 1. The van der Waals surface area contributed by atoms with Crippen molar-refractivity contribution in [1.29, 1.82) is 0 Å². The van der Waals surface area contributed by atoms with Crippen LogP contribution in [0.15, 0.2) is 58.1 Å². The molecule has 4 rings (SSSR count). The summed E-state index contributed by atoms with van der Waals surface area (Å²) in [7, 11) is -2.10. The van der Waals surface area contributed by atoms with Gasteiger partial charge in [0, 0.05) is 31.3 Å². The van der Waals surface area contributed by atoms with Crippen molar-refractivity contribution in [2.75, 3.05) is 20.2 Å². The second kappa shape index (κ2) is 7.09. The van der Waals surface area contributed by atoms with Crippen LogP contribution in [0.2, 0.25) is 0 Å². The van der Waals surface area contributed by atoms with Crippen molar-refractivity contribution < 1.29 is 17.7 Å². The molecule has 0 N–H and O–H groups in total. The lowest BCUT2D eigenvalue weighted by atomic mass is 10.1. The number of hydrogen-bond acceptors (Lipinski definition) is 7. The van der Waals surface area contributed by atoms with E-state index in [9.17, 15) is 8.42 Å². The highest BCUT2D eigenvalue weighted by atomic mass is 32.2. The van der Waals surface area contributed by atoms with Crippen molar-refractivity contribution in [3.63, 3.8) is 0 Å². The summed E-state index contributed by atoms with van der Waals surface area (Å²) in [6.45, 7) is 0.707. The average Bonchev–Trinajstić information content (AvgIpc) is 3.38. The minimum Gasteiger partial charge on any atom is -0.497 e. The molecule has 0 amide bonds. The number of ether oxygens (including phenoxy) is 1. The maximum atomic E-state index is 12.9. The van der Waals surface area contributed by atoms with E-state index >= 15 is 0 Å². The number of benzene rings is 1. The van der Waals surface area contributed by atoms with E-state index in [-0.39, 0.29) is 10.8 Å². The lowest BCUT2D eigenvalue weighted by Crippen LogP contribution is -2.28. The predicted molar refractivity (Wildman–Crippen MR) is 96.6 cm³/mol. The van der Waals surface area contributed by atoms with Gasteiger partial charge in [0.1, 0.15) is 11.4 Å². The van der Waals surface area contributed by atoms with Crippen LogP contribution in [0, 0.1) is 0 Å². The normalized spacial score (nSPS) is 17.9. The summed E-state index contributed by atoms with van der Waals surface area (Å²) in [5.41, 5.74) is 0.593. The number of methoxy groups -OCH3 is 1. The number of aromatic nitrogens is 3. The molecule has 0 saturated carbocycles. The molecular formula is C18H18N4O4S. The highest BCUT2D eigenvalue weighted by Gasteiger charge is 2.35. The van der Waals surface area contributed by atoms with E-state index in [1.165, 1.54) is 17.5 Å². The van der Waals surface area contributed by atoms with Gasteiger partial charge in [-0.1, -0.05) is 17.3 Å². The van der Waals surface area contributed by atoms with Gasteiger partial charge in [0.2, 0.25) is 10.0 Å². The Morgan fingerprint density at radius 3 is 2.89 bits per heavy atom. The first kappa shape index (κ1) is 17.6. The van der Waals surface area contributed by atoms with E-state index in [2.05, 4.69) is 15.1 Å². The summed E-state index contributed by atoms with van der Waals surface area (Å²) in [5, 5.41) is 4.02. The molecule has 0 radical (unpaired) electrons. The molecule has 3 aromatic rings. The van der Waals surface area contributed by atoms with Crippen LogP contribution in [0.5, 0.6) is 5.75 Å². The summed E-state index contributed by atoms with van der Waals surface area (Å²) in [6, 6.07) is 11.9. The van der Waals surface area contributed by atoms with Crippen LogP contribution in [0.3, 0.4) is 0 Å². The van der Waals surface area contributed by atoms with Crippen molar-refractivity contribution in [1.82, 2.24) is 19.4 Å². The zero-order valence-corrected chi connectivity index (χ0v) is 15.5. The molecule has 1 aliphatic rings. The molecule has 1 aromatic carbocycles. The molecular weight excluding hydrogens is 368 g/mol. The lowest BCUT2D eigenvalue weighted by Gasteiger charge is -2.16. The predicted octanol–water partition coefficient (Wildman–Crippen LogP) is 2.32. The van der Waals surface area contributed by atoms with Gasteiger partial charge in [0.05, 0.1) is 12.0 Å². The third kappa shape index (κ3) is 3.43. The van der Waals surface area contributed by atoms with Gasteiger partial charge in [-0.2, -0.15) is 9.29 Å². The van der Waals surface area contributed by atoms with Crippen LogP contribution in [-0.4, -0.2) is 48.0 Å². The molecule has 1 aliphatic heterocycles. The van der Waals surface area contributed by atoms with Gasteiger partial charge in [-0.05, 0) is 30.7 Å². The fourth-order valence-corrected chi connectivity index (χ4v) is 4.60. The standard InChI is InChI=1S/C18H18N4O4S/c1-25-14-5-4-6-15(11-14)27(23,24)22-10-8-13(12-22)17-20-18(26-21-17)16-7-2-3-9-19-16/h2-7,9,11,13H,8,10,12H2,1H3. The maximum Gasteiger partial charge on any atom is 0.276 e. The Morgan fingerprint density at radius 1 is 1.22 bits per heavy atom. The van der Waals surface area contributed by atoms with E-state index < -0.39 is 10.0 Å². The van der Waals surface area contributed by atoms with Crippen LogP contribution in [0.1, 0.15) is 18.2 Å². The molecule has 2 aromatic heterocycles. The quantitative estimate of drug-likeness (QED) is 0.663. The minimum atomic E-state index is -3.60. The number of nitrogens with zero attached hydrogens (tertiary/aromatic N) is 4. The molecule has 0 bridgehead atoms. The van der Waals surface area contributed by atoms with Crippen molar-refractivity contribution in [2.45, 2.75) is 17.2 Å². The van der Waals surface area contributed by atoms with Gasteiger partial charge >= 0.3 is 0 Å². The second-order valence-corrected chi connectivity index (χ2v) is 8.14. The summed E-state index contributed by atoms with van der Waals surface area (Å²) < 4.78 is 37.7. The Labute approximate surface area is 156 Å². The third-order valence-electron chi connectivity index (χ3n) is 4.52. The summed E-state index contributed by atoms with van der Waals surface area (Å²) in [5.74, 6) is 1.22. The van der Waals surface area contributed by atoms with Gasteiger partial charge in [-0.25, -0.2) is 8.42 Å². The molecule has 1 atom stereocenters. The lowest BCUT2D eigenvalue weighted by molar-refractivity contribution is 0.411. The molecule has 1 unspecified atom stereocenters. The topological polar surface area (TPSA) is 98.4 Å². The maximum absolute atomic E-state index is 12.9. The molecule has 1 saturated heterocycles. The SMILES string of the molecule is COc1cccc(S(=O)(=O)N2CCC(c3noc(-c4ccccn4)n3)C2)c1. The van der Waals surface area contributed by atoms with Crippen molar-refractivity contribution in [2.24, 2.45) is 0 Å². The van der Waals surface area contributed by atoms with Crippen molar-refractivity contribution in [3.8, 4) is 17.3 Å². The first-order chi connectivity index (χ1) is 13.1. The Balaban J connectivity index is 1.52.